The van der Waals surface area contributed by atoms with Gasteiger partial charge in [0.15, 0.2) is 5.82 Å². The average Bonchev–Trinajstić information content (AvgIpc) is 2.62. The van der Waals surface area contributed by atoms with Crippen molar-refractivity contribution in [3.8, 4) is 0 Å². The SMILES string of the molecule is CC(=O)NCC(=O)Nc1cc(C(C)(C)C)[nH]n1. The Morgan fingerprint density at radius 1 is 1.41 bits per heavy atom. The molecule has 0 unspecified atom stereocenters. The molecule has 17 heavy (non-hydrogen) atoms. The van der Waals surface area contributed by atoms with E-state index in [9.17, 15) is 9.59 Å². The van der Waals surface area contributed by atoms with E-state index in [1.165, 1.54) is 6.92 Å². The molecule has 94 valence electrons. The fourth-order valence-electron chi connectivity index (χ4n) is 1.16. The van der Waals surface area contributed by atoms with Gasteiger partial charge < -0.3 is 10.6 Å². The number of hydrogen-bond donors (Lipinski definition) is 3. The summed E-state index contributed by atoms with van der Waals surface area (Å²) in [5.74, 6) is -0.0741. The fraction of sp³-hybridized carbons (Fsp3) is 0.545. The highest BCUT2D eigenvalue weighted by molar-refractivity contribution is 5.93. The smallest absolute Gasteiger partial charge is 0.244 e. The minimum Gasteiger partial charge on any atom is -0.347 e. The minimum atomic E-state index is -0.299. The number of H-pyrrole nitrogens is 1. The Morgan fingerprint density at radius 2 is 2.06 bits per heavy atom. The quantitative estimate of drug-likeness (QED) is 0.727. The number of hydrogen-bond acceptors (Lipinski definition) is 3. The number of carbonyl (C=O) groups is 2. The van der Waals surface area contributed by atoms with Gasteiger partial charge in [-0.2, -0.15) is 5.10 Å². The maximum absolute atomic E-state index is 11.4. The van der Waals surface area contributed by atoms with Crippen molar-refractivity contribution in [1.29, 1.82) is 0 Å². The molecular weight excluding hydrogens is 220 g/mol. The molecule has 0 spiro atoms. The molecule has 0 aliphatic carbocycles. The largest absolute Gasteiger partial charge is 0.347 e. The van der Waals surface area contributed by atoms with Crippen LogP contribution in [0, 0.1) is 0 Å². The summed E-state index contributed by atoms with van der Waals surface area (Å²) < 4.78 is 0. The molecule has 0 aromatic carbocycles. The van der Waals surface area contributed by atoms with Crippen LogP contribution in [0.1, 0.15) is 33.4 Å². The van der Waals surface area contributed by atoms with Gasteiger partial charge in [-0.3, -0.25) is 14.7 Å². The topological polar surface area (TPSA) is 86.9 Å². The van der Waals surface area contributed by atoms with Crippen molar-refractivity contribution in [2.75, 3.05) is 11.9 Å². The van der Waals surface area contributed by atoms with Crippen LogP contribution in [0.25, 0.3) is 0 Å². The lowest BCUT2D eigenvalue weighted by Crippen LogP contribution is -2.31. The lowest BCUT2D eigenvalue weighted by atomic mass is 9.92. The van der Waals surface area contributed by atoms with E-state index in [1.807, 2.05) is 20.8 Å². The van der Waals surface area contributed by atoms with Gasteiger partial charge in [0.05, 0.1) is 6.54 Å². The van der Waals surface area contributed by atoms with Crippen LogP contribution in [0.3, 0.4) is 0 Å². The van der Waals surface area contributed by atoms with Crippen molar-refractivity contribution in [2.24, 2.45) is 0 Å². The lowest BCUT2D eigenvalue weighted by molar-refractivity contribution is -0.122. The Kier molecular flexibility index (Phi) is 3.88. The average molecular weight is 238 g/mol. The third-order valence-electron chi connectivity index (χ3n) is 2.15. The van der Waals surface area contributed by atoms with Crippen LogP contribution in [0.2, 0.25) is 0 Å². The second-order valence-corrected chi connectivity index (χ2v) is 4.87. The van der Waals surface area contributed by atoms with Crippen molar-refractivity contribution in [3.63, 3.8) is 0 Å². The van der Waals surface area contributed by atoms with E-state index < -0.39 is 0 Å². The highest BCUT2D eigenvalue weighted by atomic mass is 16.2. The monoisotopic (exact) mass is 238 g/mol. The van der Waals surface area contributed by atoms with E-state index in [0.717, 1.165) is 5.69 Å². The summed E-state index contributed by atoms with van der Waals surface area (Å²) in [7, 11) is 0. The maximum Gasteiger partial charge on any atom is 0.244 e. The maximum atomic E-state index is 11.4. The first kappa shape index (κ1) is 13.2. The van der Waals surface area contributed by atoms with Crippen LogP contribution in [-0.2, 0) is 15.0 Å². The fourth-order valence-corrected chi connectivity index (χ4v) is 1.16. The van der Waals surface area contributed by atoms with Crippen molar-refractivity contribution < 1.29 is 9.59 Å². The number of nitrogens with zero attached hydrogens (tertiary/aromatic N) is 1. The van der Waals surface area contributed by atoms with Gasteiger partial charge in [-0.15, -0.1) is 0 Å². The van der Waals surface area contributed by atoms with Crippen molar-refractivity contribution >= 4 is 17.6 Å². The Balaban J connectivity index is 2.55. The van der Waals surface area contributed by atoms with Crippen LogP contribution < -0.4 is 10.6 Å². The Morgan fingerprint density at radius 3 is 2.53 bits per heavy atom. The van der Waals surface area contributed by atoms with Gasteiger partial charge in [-0.1, -0.05) is 20.8 Å². The molecule has 0 aliphatic rings. The lowest BCUT2D eigenvalue weighted by Gasteiger charge is -2.14. The molecule has 0 fully saturated rings. The molecule has 0 saturated carbocycles. The second kappa shape index (κ2) is 4.99. The predicted molar refractivity (Wildman–Crippen MR) is 64.6 cm³/mol. The van der Waals surface area contributed by atoms with Crippen LogP contribution in [-0.4, -0.2) is 28.6 Å². The highest BCUT2D eigenvalue weighted by Crippen LogP contribution is 2.21. The molecule has 1 aromatic heterocycles. The van der Waals surface area contributed by atoms with E-state index in [0.29, 0.717) is 5.82 Å². The summed E-state index contributed by atoms with van der Waals surface area (Å²) in [6.45, 7) is 7.45. The molecule has 0 bridgehead atoms. The Labute approximate surface area is 100 Å². The van der Waals surface area contributed by atoms with Crippen LogP contribution >= 0.6 is 0 Å². The molecule has 6 heteroatoms. The predicted octanol–water partition coefficient (Wildman–Crippen LogP) is 0.782. The number of aromatic nitrogens is 2. The molecule has 6 nitrogen and oxygen atoms in total. The zero-order chi connectivity index (χ0) is 13.1. The molecule has 0 aliphatic heterocycles. The van der Waals surface area contributed by atoms with E-state index in [-0.39, 0.29) is 23.8 Å². The highest BCUT2D eigenvalue weighted by Gasteiger charge is 2.17. The third kappa shape index (κ3) is 4.26. The van der Waals surface area contributed by atoms with Crippen LogP contribution in [0.5, 0.6) is 0 Å². The minimum absolute atomic E-state index is 0.0480. The van der Waals surface area contributed by atoms with Gasteiger partial charge in [0, 0.05) is 24.1 Å². The van der Waals surface area contributed by atoms with Gasteiger partial charge in [0.1, 0.15) is 0 Å². The van der Waals surface area contributed by atoms with E-state index >= 15 is 0 Å². The van der Waals surface area contributed by atoms with Crippen LogP contribution in [0.15, 0.2) is 6.07 Å². The number of nitrogens with one attached hydrogen (secondary N) is 3. The molecule has 0 radical (unpaired) electrons. The summed E-state index contributed by atoms with van der Waals surface area (Å²) >= 11 is 0. The number of amides is 2. The molecule has 1 heterocycles. The molecule has 3 N–H and O–H groups in total. The second-order valence-electron chi connectivity index (χ2n) is 4.87. The molecule has 1 rings (SSSR count). The molecule has 2 amide bonds. The number of carbonyl (C=O) groups excluding carboxylic acids is 2. The van der Waals surface area contributed by atoms with Crippen LogP contribution in [0.4, 0.5) is 5.82 Å². The van der Waals surface area contributed by atoms with E-state index in [2.05, 4.69) is 20.8 Å². The molecular formula is C11H18N4O2. The molecule has 0 saturated heterocycles. The van der Waals surface area contributed by atoms with Crippen molar-refractivity contribution in [2.45, 2.75) is 33.1 Å². The first-order chi connectivity index (χ1) is 7.79. The Bertz CT molecular complexity index is 417. The summed E-state index contributed by atoms with van der Waals surface area (Å²) in [4.78, 5) is 22.0. The number of aromatic amines is 1. The first-order valence-corrected chi connectivity index (χ1v) is 5.39. The molecule has 1 aromatic rings. The zero-order valence-electron chi connectivity index (χ0n) is 10.5. The van der Waals surface area contributed by atoms with Gasteiger partial charge in [0.2, 0.25) is 11.8 Å². The summed E-state index contributed by atoms with van der Waals surface area (Å²) in [6.07, 6.45) is 0. The van der Waals surface area contributed by atoms with Gasteiger partial charge in [0.25, 0.3) is 0 Å². The third-order valence-corrected chi connectivity index (χ3v) is 2.15. The zero-order valence-corrected chi connectivity index (χ0v) is 10.5. The van der Waals surface area contributed by atoms with E-state index in [1.54, 1.807) is 6.07 Å². The molecule has 0 atom stereocenters. The summed E-state index contributed by atoms with van der Waals surface area (Å²) in [6, 6.07) is 1.78. The number of anilines is 1. The summed E-state index contributed by atoms with van der Waals surface area (Å²) in [5, 5.41) is 11.9. The van der Waals surface area contributed by atoms with Crippen molar-refractivity contribution in [1.82, 2.24) is 15.5 Å². The first-order valence-electron chi connectivity index (χ1n) is 5.39. The summed E-state index contributed by atoms with van der Waals surface area (Å²) in [5.41, 5.74) is 0.889. The number of rotatable bonds is 3. The Hall–Kier alpha value is -1.85. The van der Waals surface area contributed by atoms with Gasteiger partial charge >= 0.3 is 0 Å². The van der Waals surface area contributed by atoms with Crippen molar-refractivity contribution in [3.05, 3.63) is 11.8 Å². The van der Waals surface area contributed by atoms with Gasteiger partial charge in [-0.25, -0.2) is 0 Å². The van der Waals surface area contributed by atoms with Gasteiger partial charge in [-0.05, 0) is 0 Å². The van der Waals surface area contributed by atoms with E-state index in [4.69, 9.17) is 0 Å². The standard InChI is InChI=1S/C11H18N4O2/c1-7(16)12-6-10(17)13-9-5-8(14-15-9)11(2,3)4/h5H,6H2,1-4H3,(H,12,16)(H2,13,14,15,17). The normalized spacial score (nSPS) is 11.1.